The van der Waals surface area contributed by atoms with Gasteiger partial charge in [0.05, 0.1) is 12.5 Å². The predicted molar refractivity (Wildman–Crippen MR) is 103 cm³/mol. The maximum atomic E-state index is 13.0. The van der Waals surface area contributed by atoms with E-state index in [0.29, 0.717) is 17.5 Å². The van der Waals surface area contributed by atoms with Crippen LogP contribution in [0.5, 0.6) is 0 Å². The number of carbonyl (C=O) groups is 1. The van der Waals surface area contributed by atoms with Gasteiger partial charge in [0.2, 0.25) is 5.91 Å². The Morgan fingerprint density at radius 2 is 1.92 bits per heavy atom. The smallest absolute Gasteiger partial charge is 0.227 e. The number of hydrogen-bond acceptors (Lipinski definition) is 3. The minimum absolute atomic E-state index is 0.229. The van der Waals surface area contributed by atoms with Crippen LogP contribution in [0.25, 0.3) is 0 Å². The Balaban J connectivity index is 1.66. The molecule has 2 heterocycles. The van der Waals surface area contributed by atoms with Crippen molar-refractivity contribution in [3.05, 3.63) is 34.9 Å². The van der Waals surface area contributed by atoms with Gasteiger partial charge in [0, 0.05) is 23.9 Å². The summed E-state index contributed by atoms with van der Waals surface area (Å²) in [5.41, 5.74) is 0.942. The molecule has 132 valence electrons. The van der Waals surface area contributed by atoms with E-state index >= 15 is 0 Å². The van der Waals surface area contributed by atoms with Crippen LogP contribution < -0.4 is 0 Å². The molecule has 2 aliphatic heterocycles. The van der Waals surface area contributed by atoms with E-state index in [0.717, 1.165) is 36.6 Å². The Morgan fingerprint density at radius 1 is 1.12 bits per heavy atom. The van der Waals surface area contributed by atoms with Crippen molar-refractivity contribution in [2.45, 2.75) is 38.1 Å². The Hall–Kier alpha value is -0.710. The minimum atomic E-state index is 0.229. The van der Waals surface area contributed by atoms with Gasteiger partial charge in [-0.25, -0.2) is 0 Å². The standard InChI is InChI=1S/C19H27ClN2OS/c20-18-8-3-2-7-16(18)13-19(23)22-11-6-12-24-15-17(22)14-21-9-4-1-5-10-21/h2-3,7-8,17H,1,4-6,9-15H2. The lowest BCUT2D eigenvalue weighted by Crippen LogP contribution is -2.49. The van der Waals surface area contributed by atoms with Crippen LogP contribution in [0, 0.1) is 0 Å². The van der Waals surface area contributed by atoms with E-state index in [1.54, 1.807) is 0 Å². The molecule has 2 fully saturated rings. The number of hydrogen-bond donors (Lipinski definition) is 0. The molecule has 0 bridgehead atoms. The van der Waals surface area contributed by atoms with E-state index in [2.05, 4.69) is 9.80 Å². The molecule has 0 aliphatic carbocycles. The van der Waals surface area contributed by atoms with E-state index in [1.807, 2.05) is 36.0 Å². The highest BCUT2D eigenvalue weighted by molar-refractivity contribution is 7.99. The molecule has 1 atom stereocenters. The molecule has 3 rings (SSSR count). The Kier molecular flexibility index (Phi) is 6.87. The average molecular weight is 367 g/mol. The van der Waals surface area contributed by atoms with Gasteiger partial charge in [-0.1, -0.05) is 36.2 Å². The Bertz CT molecular complexity index is 548. The lowest BCUT2D eigenvalue weighted by atomic mass is 10.1. The number of nitrogens with zero attached hydrogens (tertiary/aromatic N) is 2. The van der Waals surface area contributed by atoms with Crippen molar-refractivity contribution in [1.29, 1.82) is 0 Å². The Morgan fingerprint density at radius 3 is 2.71 bits per heavy atom. The number of likely N-dealkylation sites (tertiary alicyclic amines) is 1. The molecule has 0 aromatic heterocycles. The largest absolute Gasteiger partial charge is 0.337 e. The molecule has 0 N–H and O–H groups in total. The fourth-order valence-electron chi connectivity index (χ4n) is 3.65. The van der Waals surface area contributed by atoms with E-state index in [1.165, 1.54) is 32.4 Å². The summed E-state index contributed by atoms with van der Waals surface area (Å²) in [4.78, 5) is 17.7. The first-order valence-corrected chi connectivity index (χ1v) is 10.6. The summed E-state index contributed by atoms with van der Waals surface area (Å²) in [6.07, 6.45) is 5.46. The number of amides is 1. The van der Waals surface area contributed by atoms with Gasteiger partial charge in [-0.2, -0.15) is 11.8 Å². The van der Waals surface area contributed by atoms with Crippen molar-refractivity contribution in [3.63, 3.8) is 0 Å². The maximum Gasteiger partial charge on any atom is 0.227 e. The van der Waals surface area contributed by atoms with Gasteiger partial charge in [-0.15, -0.1) is 0 Å². The first-order chi connectivity index (χ1) is 11.7. The molecule has 1 unspecified atom stereocenters. The summed E-state index contributed by atoms with van der Waals surface area (Å²) < 4.78 is 0. The van der Waals surface area contributed by atoms with Crippen LogP contribution in [0.2, 0.25) is 5.02 Å². The summed E-state index contributed by atoms with van der Waals surface area (Å²) in [5.74, 6) is 2.45. The van der Waals surface area contributed by atoms with E-state index in [4.69, 9.17) is 11.6 Å². The molecule has 1 amide bonds. The van der Waals surface area contributed by atoms with Crippen molar-refractivity contribution < 1.29 is 4.79 Å². The number of piperidine rings is 1. The van der Waals surface area contributed by atoms with Crippen LogP contribution in [-0.2, 0) is 11.2 Å². The van der Waals surface area contributed by atoms with Crippen LogP contribution in [-0.4, -0.2) is 59.4 Å². The fourth-order valence-corrected chi connectivity index (χ4v) is 4.91. The van der Waals surface area contributed by atoms with Crippen molar-refractivity contribution >= 4 is 29.3 Å². The van der Waals surface area contributed by atoms with Crippen molar-refractivity contribution in [2.24, 2.45) is 0 Å². The van der Waals surface area contributed by atoms with Gasteiger partial charge >= 0.3 is 0 Å². The highest BCUT2D eigenvalue weighted by Crippen LogP contribution is 2.22. The summed E-state index contributed by atoms with van der Waals surface area (Å²) in [7, 11) is 0. The first-order valence-electron chi connectivity index (χ1n) is 9.07. The number of thioether (sulfide) groups is 1. The van der Waals surface area contributed by atoms with Gasteiger partial charge < -0.3 is 9.80 Å². The zero-order valence-corrected chi connectivity index (χ0v) is 15.8. The molecular formula is C19H27ClN2OS. The SMILES string of the molecule is O=C(Cc1ccccc1Cl)N1CCCSCC1CN1CCCCC1. The van der Waals surface area contributed by atoms with Gasteiger partial charge in [-0.3, -0.25) is 4.79 Å². The fraction of sp³-hybridized carbons (Fsp3) is 0.632. The van der Waals surface area contributed by atoms with Crippen LogP contribution in [0.15, 0.2) is 24.3 Å². The summed E-state index contributed by atoms with van der Waals surface area (Å²) in [6.45, 7) is 4.29. The van der Waals surface area contributed by atoms with Crippen molar-refractivity contribution in [2.75, 3.05) is 37.7 Å². The third kappa shape index (κ3) is 4.90. The second-order valence-corrected chi connectivity index (χ2v) is 8.36. The molecule has 24 heavy (non-hydrogen) atoms. The van der Waals surface area contributed by atoms with Crippen LogP contribution in [0.3, 0.4) is 0 Å². The maximum absolute atomic E-state index is 13.0. The molecule has 1 aromatic rings. The molecule has 3 nitrogen and oxygen atoms in total. The van der Waals surface area contributed by atoms with Crippen molar-refractivity contribution in [1.82, 2.24) is 9.80 Å². The monoisotopic (exact) mass is 366 g/mol. The molecular weight excluding hydrogens is 340 g/mol. The molecule has 2 aliphatic rings. The number of carbonyl (C=O) groups excluding carboxylic acids is 1. The molecule has 1 aromatic carbocycles. The first kappa shape index (κ1) is 18.1. The highest BCUT2D eigenvalue weighted by atomic mass is 35.5. The molecule has 0 spiro atoms. The predicted octanol–water partition coefficient (Wildman–Crippen LogP) is 3.70. The normalized spacial score (nSPS) is 23.0. The second kappa shape index (κ2) is 9.12. The third-order valence-corrected chi connectivity index (χ3v) is 6.54. The van der Waals surface area contributed by atoms with Crippen LogP contribution in [0.4, 0.5) is 0 Å². The average Bonchev–Trinajstić information content (AvgIpc) is 2.83. The molecule has 0 radical (unpaired) electrons. The van der Waals surface area contributed by atoms with Gasteiger partial charge in [0.25, 0.3) is 0 Å². The zero-order chi connectivity index (χ0) is 16.8. The topological polar surface area (TPSA) is 23.6 Å². The number of halogens is 1. The quantitative estimate of drug-likeness (QED) is 0.811. The van der Waals surface area contributed by atoms with E-state index in [9.17, 15) is 4.79 Å². The summed E-state index contributed by atoms with van der Waals surface area (Å²) >= 11 is 8.24. The van der Waals surface area contributed by atoms with Crippen LogP contribution in [0.1, 0.15) is 31.2 Å². The zero-order valence-electron chi connectivity index (χ0n) is 14.3. The van der Waals surface area contributed by atoms with Gasteiger partial charge in [0.1, 0.15) is 0 Å². The molecule has 5 heteroatoms. The van der Waals surface area contributed by atoms with Crippen LogP contribution >= 0.6 is 23.4 Å². The Labute approximate surface area is 154 Å². The highest BCUT2D eigenvalue weighted by Gasteiger charge is 2.28. The lowest BCUT2D eigenvalue weighted by Gasteiger charge is -2.36. The van der Waals surface area contributed by atoms with Gasteiger partial charge in [-0.05, 0) is 49.7 Å². The molecule has 0 saturated carbocycles. The third-order valence-electron chi connectivity index (χ3n) is 4.98. The van der Waals surface area contributed by atoms with Gasteiger partial charge in [0.15, 0.2) is 0 Å². The summed E-state index contributed by atoms with van der Waals surface area (Å²) in [5, 5.41) is 0.697. The summed E-state index contributed by atoms with van der Waals surface area (Å²) in [6, 6.07) is 8.04. The van der Waals surface area contributed by atoms with Crippen molar-refractivity contribution in [3.8, 4) is 0 Å². The molecule has 2 saturated heterocycles. The second-order valence-electron chi connectivity index (χ2n) is 6.80. The minimum Gasteiger partial charge on any atom is -0.337 e. The van der Waals surface area contributed by atoms with E-state index < -0.39 is 0 Å². The van der Waals surface area contributed by atoms with E-state index in [-0.39, 0.29) is 5.91 Å². The number of benzene rings is 1. The number of rotatable bonds is 4. The lowest BCUT2D eigenvalue weighted by molar-refractivity contribution is -0.132.